The molecule has 7 heteroatoms. The highest BCUT2D eigenvalue weighted by Gasteiger charge is 2.34. The molecule has 0 heterocycles. The number of hydrogen-bond donors (Lipinski definition) is 1. The van der Waals surface area contributed by atoms with E-state index >= 15 is 0 Å². The number of halogens is 4. The lowest BCUT2D eigenvalue weighted by Gasteiger charge is -2.19. The summed E-state index contributed by atoms with van der Waals surface area (Å²) in [5.74, 6) is -4.13. The van der Waals surface area contributed by atoms with Crippen LogP contribution in [-0.2, 0) is 5.92 Å². The van der Waals surface area contributed by atoms with E-state index in [0.29, 0.717) is 0 Å². The Labute approximate surface area is 141 Å². The van der Waals surface area contributed by atoms with Crippen molar-refractivity contribution in [3.63, 3.8) is 0 Å². The molecule has 0 aliphatic rings. The summed E-state index contributed by atoms with van der Waals surface area (Å²) in [6.45, 7) is -0.951. The van der Waals surface area contributed by atoms with Crippen LogP contribution < -0.4 is 5.32 Å². The quantitative estimate of drug-likeness (QED) is 0.885. The van der Waals surface area contributed by atoms with E-state index < -0.39 is 23.9 Å². The van der Waals surface area contributed by atoms with Crippen LogP contribution in [-0.4, -0.2) is 12.5 Å². The summed E-state index contributed by atoms with van der Waals surface area (Å²) in [6, 6.07) is 11.4. The first-order valence-corrected chi connectivity index (χ1v) is 7.21. The Bertz CT molecular complexity index is 788. The molecule has 0 aromatic heterocycles. The molecule has 0 aliphatic heterocycles. The number of rotatable bonds is 4. The Morgan fingerprint density at radius 3 is 2.57 bits per heavy atom. The molecule has 2 aromatic rings. The minimum atomic E-state index is -3.38. The van der Waals surface area contributed by atoms with Crippen molar-refractivity contribution in [3.05, 3.63) is 69.2 Å². The van der Waals surface area contributed by atoms with Crippen LogP contribution in [0.15, 0.2) is 42.5 Å². The van der Waals surface area contributed by atoms with Gasteiger partial charge in [-0.25, -0.2) is 0 Å². The third-order valence-corrected chi connectivity index (χ3v) is 3.64. The standard InChI is InChI=1S/C16H10Cl2F2N2O/c17-11-5-6-13(14(18)7-11)16(19,20)9-22-15(23)12-4-2-1-3-10(12)8-21/h1-7H,9H2,(H,22,23). The summed E-state index contributed by atoms with van der Waals surface area (Å²) in [5, 5.41) is 11.1. The van der Waals surface area contributed by atoms with Crippen LogP contribution in [0.2, 0.25) is 10.0 Å². The molecule has 0 fully saturated rings. The molecular weight excluding hydrogens is 345 g/mol. The second kappa shape index (κ2) is 6.95. The van der Waals surface area contributed by atoms with Gasteiger partial charge in [0.15, 0.2) is 0 Å². The second-order valence-electron chi connectivity index (χ2n) is 4.67. The lowest BCUT2D eigenvalue weighted by molar-refractivity contribution is -0.00236. The molecule has 0 radical (unpaired) electrons. The van der Waals surface area contributed by atoms with E-state index in [9.17, 15) is 13.6 Å². The molecule has 0 atom stereocenters. The molecule has 0 saturated heterocycles. The molecule has 3 nitrogen and oxygen atoms in total. The summed E-state index contributed by atoms with van der Waals surface area (Å²) in [6.07, 6.45) is 0. The van der Waals surface area contributed by atoms with Crippen molar-refractivity contribution in [2.45, 2.75) is 5.92 Å². The third-order valence-electron chi connectivity index (χ3n) is 3.09. The van der Waals surface area contributed by atoms with Gasteiger partial charge in [0.05, 0.1) is 28.8 Å². The van der Waals surface area contributed by atoms with E-state index in [1.807, 2.05) is 6.07 Å². The van der Waals surface area contributed by atoms with Gasteiger partial charge in [0.2, 0.25) is 0 Å². The molecule has 0 bridgehead atoms. The highest BCUT2D eigenvalue weighted by atomic mass is 35.5. The SMILES string of the molecule is N#Cc1ccccc1C(=O)NCC(F)(F)c1ccc(Cl)cc1Cl. The van der Waals surface area contributed by atoms with E-state index in [1.54, 1.807) is 12.1 Å². The first kappa shape index (κ1) is 17.2. The van der Waals surface area contributed by atoms with E-state index in [-0.39, 0.29) is 21.2 Å². The van der Waals surface area contributed by atoms with Gasteiger partial charge < -0.3 is 5.32 Å². The summed E-state index contributed by atoms with van der Waals surface area (Å²) in [5.41, 5.74) is -0.289. The molecule has 0 saturated carbocycles. The average Bonchev–Trinajstić information content (AvgIpc) is 2.52. The zero-order valence-corrected chi connectivity index (χ0v) is 13.1. The summed E-state index contributed by atoms with van der Waals surface area (Å²) in [4.78, 5) is 12.0. The first-order valence-electron chi connectivity index (χ1n) is 6.46. The van der Waals surface area contributed by atoms with Crippen molar-refractivity contribution in [1.82, 2.24) is 5.32 Å². The number of alkyl halides is 2. The van der Waals surface area contributed by atoms with E-state index in [1.165, 1.54) is 24.3 Å². The van der Waals surface area contributed by atoms with E-state index in [4.69, 9.17) is 28.5 Å². The Balaban J connectivity index is 2.16. The Morgan fingerprint density at radius 2 is 1.91 bits per heavy atom. The van der Waals surface area contributed by atoms with E-state index in [0.717, 1.165) is 6.07 Å². The summed E-state index contributed by atoms with van der Waals surface area (Å²) >= 11 is 11.5. The number of benzene rings is 2. The monoisotopic (exact) mass is 354 g/mol. The van der Waals surface area contributed by atoms with Gasteiger partial charge in [-0.2, -0.15) is 14.0 Å². The van der Waals surface area contributed by atoms with Crippen LogP contribution >= 0.6 is 23.2 Å². The van der Waals surface area contributed by atoms with Crippen LogP contribution in [0.1, 0.15) is 21.5 Å². The molecule has 1 amide bonds. The molecule has 2 aromatic carbocycles. The Kier molecular flexibility index (Phi) is 5.19. The van der Waals surface area contributed by atoms with Gasteiger partial charge >= 0.3 is 0 Å². The van der Waals surface area contributed by atoms with Gasteiger partial charge in [0.1, 0.15) is 0 Å². The number of nitrogens with zero attached hydrogens (tertiary/aromatic N) is 1. The van der Waals surface area contributed by atoms with Gasteiger partial charge in [-0.15, -0.1) is 0 Å². The largest absolute Gasteiger partial charge is 0.346 e. The lowest BCUT2D eigenvalue weighted by Crippen LogP contribution is -2.35. The number of amides is 1. The van der Waals surface area contributed by atoms with Crippen LogP contribution in [0.3, 0.4) is 0 Å². The first-order chi connectivity index (χ1) is 10.8. The number of carbonyl (C=O) groups is 1. The Hall–Kier alpha value is -2.16. The van der Waals surface area contributed by atoms with E-state index in [2.05, 4.69) is 5.32 Å². The molecular formula is C16H10Cl2F2N2O. The highest BCUT2D eigenvalue weighted by Crippen LogP contribution is 2.34. The fourth-order valence-electron chi connectivity index (χ4n) is 1.95. The van der Waals surface area contributed by atoms with Gasteiger partial charge in [0, 0.05) is 10.6 Å². The zero-order chi connectivity index (χ0) is 17.0. The fraction of sp³-hybridized carbons (Fsp3) is 0.125. The zero-order valence-electron chi connectivity index (χ0n) is 11.6. The van der Waals surface area contributed by atoms with Crippen molar-refractivity contribution in [2.24, 2.45) is 0 Å². The molecule has 0 spiro atoms. The van der Waals surface area contributed by atoms with Gasteiger partial charge in [-0.3, -0.25) is 4.79 Å². The lowest BCUT2D eigenvalue weighted by atomic mass is 10.1. The third kappa shape index (κ3) is 3.98. The van der Waals surface area contributed by atoms with Crippen molar-refractivity contribution in [3.8, 4) is 6.07 Å². The molecule has 2 rings (SSSR count). The van der Waals surface area contributed by atoms with Crippen molar-refractivity contribution in [2.75, 3.05) is 6.54 Å². The minimum Gasteiger partial charge on any atom is -0.346 e. The van der Waals surface area contributed by atoms with Crippen molar-refractivity contribution < 1.29 is 13.6 Å². The van der Waals surface area contributed by atoms with Crippen LogP contribution in [0.25, 0.3) is 0 Å². The topological polar surface area (TPSA) is 52.9 Å². The maximum Gasteiger partial charge on any atom is 0.291 e. The van der Waals surface area contributed by atoms with Gasteiger partial charge in [0.25, 0.3) is 11.8 Å². The average molecular weight is 355 g/mol. The normalized spacial score (nSPS) is 10.9. The van der Waals surface area contributed by atoms with Crippen molar-refractivity contribution >= 4 is 29.1 Å². The van der Waals surface area contributed by atoms with Crippen LogP contribution in [0.5, 0.6) is 0 Å². The van der Waals surface area contributed by atoms with Crippen LogP contribution in [0, 0.1) is 11.3 Å². The highest BCUT2D eigenvalue weighted by molar-refractivity contribution is 6.35. The maximum atomic E-state index is 14.2. The van der Waals surface area contributed by atoms with Crippen molar-refractivity contribution in [1.29, 1.82) is 5.26 Å². The van der Waals surface area contributed by atoms with Gasteiger partial charge in [-0.05, 0) is 30.3 Å². The molecule has 23 heavy (non-hydrogen) atoms. The number of nitriles is 1. The molecule has 0 unspecified atom stereocenters. The maximum absolute atomic E-state index is 14.2. The number of carbonyl (C=O) groups excluding carboxylic acids is 1. The Morgan fingerprint density at radius 1 is 1.22 bits per heavy atom. The fourth-order valence-corrected chi connectivity index (χ4v) is 2.49. The second-order valence-corrected chi connectivity index (χ2v) is 5.51. The summed E-state index contributed by atoms with van der Waals surface area (Å²) < 4.78 is 28.4. The molecule has 0 aliphatic carbocycles. The predicted molar refractivity (Wildman–Crippen MR) is 83.8 cm³/mol. The van der Waals surface area contributed by atoms with Crippen LogP contribution in [0.4, 0.5) is 8.78 Å². The molecule has 1 N–H and O–H groups in total. The number of nitrogens with one attached hydrogen (secondary N) is 1. The minimum absolute atomic E-state index is 0.0352. The summed E-state index contributed by atoms with van der Waals surface area (Å²) in [7, 11) is 0. The smallest absolute Gasteiger partial charge is 0.291 e. The predicted octanol–water partition coefficient (Wildman–Crippen LogP) is 4.39. The van der Waals surface area contributed by atoms with Gasteiger partial charge in [-0.1, -0.05) is 35.3 Å². The number of hydrogen-bond acceptors (Lipinski definition) is 2. The molecule has 118 valence electrons.